The normalized spacial score (nSPS) is 10.7. The minimum atomic E-state index is 0.475. The molecule has 11 heavy (non-hydrogen) atoms. The highest BCUT2D eigenvalue weighted by atomic mass is 35.5. The van der Waals surface area contributed by atoms with Crippen LogP contribution in [0.15, 0.2) is 18.5 Å². The van der Waals surface area contributed by atoms with E-state index in [1.807, 2.05) is 17.5 Å². The largest absolute Gasteiger partial charge is 0.288 e. The molecule has 0 radical (unpaired) electrons. The van der Waals surface area contributed by atoms with Crippen molar-refractivity contribution < 1.29 is 0 Å². The summed E-state index contributed by atoms with van der Waals surface area (Å²) < 4.78 is 1.88. The maximum Gasteiger partial charge on any atom is 0.235 e. The van der Waals surface area contributed by atoms with Gasteiger partial charge in [-0.2, -0.15) is 0 Å². The SMILES string of the molecule is Cc1cnc2nc(Cl)ccn12. The number of nitrogens with zero attached hydrogens (tertiary/aromatic N) is 3. The number of hydrogen-bond acceptors (Lipinski definition) is 2. The molecule has 2 aromatic heterocycles. The first-order valence-electron chi connectivity index (χ1n) is 3.23. The summed E-state index contributed by atoms with van der Waals surface area (Å²) in [5.41, 5.74) is 1.06. The first kappa shape index (κ1) is 6.61. The number of fused-ring (bicyclic) bond motifs is 1. The van der Waals surface area contributed by atoms with Crippen molar-refractivity contribution in [3.63, 3.8) is 0 Å². The van der Waals surface area contributed by atoms with Crippen LogP contribution < -0.4 is 0 Å². The molecule has 0 atom stereocenters. The van der Waals surface area contributed by atoms with Gasteiger partial charge >= 0.3 is 0 Å². The van der Waals surface area contributed by atoms with E-state index in [1.54, 1.807) is 12.3 Å². The highest BCUT2D eigenvalue weighted by molar-refractivity contribution is 6.29. The van der Waals surface area contributed by atoms with Crippen LogP contribution in [-0.2, 0) is 0 Å². The van der Waals surface area contributed by atoms with Gasteiger partial charge in [0.05, 0.1) is 6.20 Å². The Morgan fingerprint density at radius 2 is 2.36 bits per heavy atom. The van der Waals surface area contributed by atoms with Crippen LogP contribution in [0, 0.1) is 6.92 Å². The third kappa shape index (κ3) is 0.973. The number of rotatable bonds is 0. The van der Waals surface area contributed by atoms with Gasteiger partial charge in [0.1, 0.15) is 5.15 Å². The summed E-state index contributed by atoms with van der Waals surface area (Å²) in [6.45, 7) is 1.97. The smallest absolute Gasteiger partial charge is 0.235 e. The van der Waals surface area contributed by atoms with Crippen molar-refractivity contribution in [1.82, 2.24) is 14.4 Å². The fourth-order valence-corrected chi connectivity index (χ4v) is 1.10. The van der Waals surface area contributed by atoms with E-state index in [4.69, 9.17) is 11.6 Å². The monoisotopic (exact) mass is 167 g/mol. The standard InChI is InChI=1S/C7H6ClN3/c1-5-4-9-7-10-6(8)2-3-11(5)7/h2-4H,1H3. The Hall–Kier alpha value is -1.09. The van der Waals surface area contributed by atoms with E-state index in [9.17, 15) is 0 Å². The summed E-state index contributed by atoms with van der Waals surface area (Å²) in [7, 11) is 0. The third-order valence-electron chi connectivity index (χ3n) is 1.53. The van der Waals surface area contributed by atoms with Crippen molar-refractivity contribution in [3.05, 3.63) is 29.3 Å². The van der Waals surface area contributed by atoms with Crippen LogP contribution in [0.4, 0.5) is 0 Å². The molecule has 0 amide bonds. The van der Waals surface area contributed by atoms with E-state index >= 15 is 0 Å². The summed E-state index contributed by atoms with van der Waals surface area (Å²) in [6, 6.07) is 1.74. The van der Waals surface area contributed by atoms with Crippen LogP contribution in [0.3, 0.4) is 0 Å². The van der Waals surface area contributed by atoms with Crippen molar-refractivity contribution in [2.45, 2.75) is 6.92 Å². The van der Waals surface area contributed by atoms with Crippen LogP contribution in [0.1, 0.15) is 5.69 Å². The van der Waals surface area contributed by atoms with E-state index in [0.29, 0.717) is 10.9 Å². The molecule has 56 valence electrons. The summed E-state index contributed by atoms with van der Waals surface area (Å²) >= 11 is 5.66. The molecular formula is C7H6ClN3. The molecule has 0 aromatic carbocycles. The van der Waals surface area contributed by atoms with E-state index in [-0.39, 0.29) is 0 Å². The van der Waals surface area contributed by atoms with Gasteiger partial charge in [-0.05, 0) is 13.0 Å². The lowest BCUT2D eigenvalue weighted by atomic mass is 10.5. The van der Waals surface area contributed by atoms with Crippen molar-refractivity contribution in [3.8, 4) is 0 Å². The van der Waals surface area contributed by atoms with Gasteiger partial charge in [0.2, 0.25) is 5.78 Å². The van der Waals surface area contributed by atoms with Crippen molar-refractivity contribution >= 4 is 17.4 Å². The molecule has 0 saturated heterocycles. The summed E-state index contributed by atoms with van der Waals surface area (Å²) in [5.74, 6) is 0.648. The fourth-order valence-electron chi connectivity index (χ4n) is 0.969. The quantitative estimate of drug-likeness (QED) is 0.559. The maximum absolute atomic E-state index is 5.66. The average Bonchev–Trinajstić information content (AvgIpc) is 2.32. The van der Waals surface area contributed by atoms with Crippen LogP contribution in [0.2, 0.25) is 5.15 Å². The molecule has 0 spiro atoms. The van der Waals surface area contributed by atoms with E-state index in [0.717, 1.165) is 5.69 Å². The first-order chi connectivity index (χ1) is 5.27. The molecule has 0 aliphatic rings. The highest BCUT2D eigenvalue weighted by Crippen LogP contribution is 2.07. The Labute approximate surface area is 68.7 Å². The molecule has 3 nitrogen and oxygen atoms in total. The van der Waals surface area contributed by atoms with Gasteiger partial charge in [0, 0.05) is 11.9 Å². The molecule has 2 aromatic rings. The average molecular weight is 168 g/mol. The lowest BCUT2D eigenvalue weighted by Gasteiger charge is -1.93. The predicted octanol–water partition coefficient (Wildman–Crippen LogP) is 1.69. The van der Waals surface area contributed by atoms with E-state index in [1.165, 1.54) is 0 Å². The molecule has 0 saturated carbocycles. The fraction of sp³-hybridized carbons (Fsp3) is 0.143. The van der Waals surface area contributed by atoms with Gasteiger partial charge in [-0.25, -0.2) is 9.97 Å². The van der Waals surface area contributed by atoms with Gasteiger partial charge in [0.25, 0.3) is 0 Å². The Bertz CT molecular complexity index is 393. The molecule has 0 fully saturated rings. The molecule has 0 bridgehead atoms. The minimum absolute atomic E-state index is 0.475. The Morgan fingerprint density at radius 3 is 3.18 bits per heavy atom. The number of halogens is 1. The third-order valence-corrected chi connectivity index (χ3v) is 1.74. The zero-order chi connectivity index (χ0) is 7.84. The van der Waals surface area contributed by atoms with Gasteiger partial charge in [-0.1, -0.05) is 11.6 Å². The molecular weight excluding hydrogens is 162 g/mol. The van der Waals surface area contributed by atoms with E-state index in [2.05, 4.69) is 9.97 Å². The number of aromatic nitrogens is 3. The van der Waals surface area contributed by atoms with Crippen LogP contribution in [0.25, 0.3) is 5.78 Å². The second-order valence-corrected chi connectivity index (χ2v) is 2.71. The van der Waals surface area contributed by atoms with Crippen molar-refractivity contribution in [2.75, 3.05) is 0 Å². The van der Waals surface area contributed by atoms with Crippen molar-refractivity contribution in [1.29, 1.82) is 0 Å². The number of imidazole rings is 1. The Kier molecular flexibility index (Phi) is 1.32. The second-order valence-electron chi connectivity index (χ2n) is 2.32. The zero-order valence-corrected chi connectivity index (χ0v) is 6.71. The van der Waals surface area contributed by atoms with Gasteiger partial charge in [-0.15, -0.1) is 0 Å². The summed E-state index contributed by atoms with van der Waals surface area (Å²) in [4.78, 5) is 8.06. The summed E-state index contributed by atoms with van der Waals surface area (Å²) in [6.07, 6.45) is 3.62. The number of hydrogen-bond donors (Lipinski definition) is 0. The summed E-state index contributed by atoms with van der Waals surface area (Å²) in [5, 5.41) is 0.475. The Balaban J connectivity index is 2.86. The molecule has 0 aliphatic heterocycles. The molecule has 0 aliphatic carbocycles. The van der Waals surface area contributed by atoms with Crippen LogP contribution >= 0.6 is 11.6 Å². The van der Waals surface area contributed by atoms with Crippen LogP contribution in [-0.4, -0.2) is 14.4 Å². The lowest BCUT2D eigenvalue weighted by Crippen LogP contribution is -1.88. The lowest BCUT2D eigenvalue weighted by molar-refractivity contribution is 1.06. The van der Waals surface area contributed by atoms with Gasteiger partial charge < -0.3 is 0 Å². The topological polar surface area (TPSA) is 30.2 Å². The molecule has 2 heterocycles. The highest BCUT2D eigenvalue weighted by Gasteiger charge is 1.98. The van der Waals surface area contributed by atoms with E-state index < -0.39 is 0 Å². The Morgan fingerprint density at radius 1 is 1.55 bits per heavy atom. The van der Waals surface area contributed by atoms with Gasteiger partial charge in [-0.3, -0.25) is 4.40 Å². The predicted molar refractivity (Wildman–Crippen MR) is 42.7 cm³/mol. The molecule has 0 N–H and O–H groups in total. The molecule has 0 unspecified atom stereocenters. The number of aryl methyl sites for hydroxylation is 1. The minimum Gasteiger partial charge on any atom is -0.288 e. The van der Waals surface area contributed by atoms with Crippen LogP contribution in [0.5, 0.6) is 0 Å². The molecule has 4 heteroatoms. The maximum atomic E-state index is 5.66. The van der Waals surface area contributed by atoms with Crippen molar-refractivity contribution in [2.24, 2.45) is 0 Å². The molecule has 2 rings (SSSR count). The first-order valence-corrected chi connectivity index (χ1v) is 3.61. The van der Waals surface area contributed by atoms with Gasteiger partial charge in [0.15, 0.2) is 0 Å². The second kappa shape index (κ2) is 2.20. The zero-order valence-electron chi connectivity index (χ0n) is 5.95.